The van der Waals surface area contributed by atoms with Crippen LogP contribution in [0.5, 0.6) is 0 Å². The molecular formula is C37H62N2O29. The minimum Gasteiger partial charge on any atom is -0.477 e. The van der Waals surface area contributed by atoms with E-state index in [9.17, 15) is 101 Å². The van der Waals surface area contributed by atoms with E-state index in [1.54, 1.807) is 0 Å². The third-order valence-electron chi connectivity index (χ3n) is 12.1. The largest absolute Gasteiger partial charge is 0.477 e. The molecule has 5 heterocycles. The Labute approximate surface area is 384 Å². The molecule has 31 heteroatoms. The van der Waals surface area contributed by atoms with Gasteiger partial charge in [0.2, 0.25) is 11.8 Å². The number of aliphatic carboxylic acids is 1. The molecule has 0 spiro atoms. The molecule has 0 aromatic rings. The van der Waals surface area contributed by atoms with Gasteiger partial charge in [0.25, 0.3) is 5.79 Å². The minimum absolute atomic E-state index is 0.784. The summed E-state index contributed by atoms with van der Waals surface area (Å²) >= 11 is 0. The van der Waals surface area contributed by atoms with Crippen molar-refractivity contribution in [1.82, 2.24) is 10.6 Å². The molecule has 19 N–H and O–H groups in total. The molecule has 0 saturated carbocycles. The number of ether oxygens (including phenoxy) is 9. The summed E-state index contributed by atoms with van der Waals surface area (Å²) < 4.78 is 50.1. The van der Waals surface area contributed by atoms with E-state index in [0.717, 1.165) is 13.8 Å². The first kappa shape index (κ1) is 56.3. The molecule has 2 amide bonds. The zero-order valence-corrected chi connectivity index (χ0v) is 36.2. The second kappa shape index (κ2) is 23.8. The van der Waals surface area contributed by atoms with Gasteiger partial charge in [-0.25, -0.2) is 4.79 Å². The van der Waals surface area contributed by atoms with Crippen molar-refractivity contribution in [3.8, 4) is 0 Å². The van der Waals surface area contributed by atoms with Crippen LogP contribution >= 0.6 is 0 Å². The van der Waals surface area contributed by atoms with Crippen LogP contribution in [-0.4, -0.2) is 297 Å². The van der Waals surface area contributed by atoms with Gasteiger partial charge in [-0.1, -0.05) is 0 Å². The van der Waals surface area contributed by atoms with Crippen LogP contribution in [0.2, 0.25) is 0 Å². The summed E-state index contributed by atoms with van der Waals surface area (Å²) in [5, 5.41) is 184. The fourth-order valence-corrected chi connectivity index (χ4v) is 8.43. The highest BCUT2D eigenvalue weighted by molar-refractivity contribution is 5.76. The Hall–Kier alpha value is -2.59. The highest BCUT2D eigenvalue weighted by atomic mass is 16.8. The average Bonchev–Trinajstić information content (AvgIpc) is 3.29. The van der Waals surface area contributed by atoms with Crippen molar-refractivity contribution < 1.29 is 144 Å². The first-order chi connectivity index (χ1) is 31.9. The number of amides is 2. The summed E-state index contributed by atoms with van der Waals surface area (Å²) in [6.07, 6.45) is -46.5. The summed E-state index contributed by atoms with van der Waals surface area (Å²) in [5.41, 5.74) is 0. The number of aliphatic hydroxyl groups excluding tert-OH is 16. The van der Waals surface area contributed by atoms with Gasteiger partial charge in [-0.3, -0.25) is 9.59 Å². The number of carboxylic acids is 1. The predicted molar refractivity (Wildman–Crippen MR) is 207 cm³/mol. The second-order valence-electron chi connectivity index (χ2n) is 16.9. The lowest BCUT2D eigenvalue weighted by atomic mass is 9.88. The van der Waals surface area contributed by atoms with Gasteiger partial charge in [-0.15, -0.1) is 0 Å². The van der Waals surface area contributed by atoms with E-state index in [1.807, 2.05) is 0 Å². The van der Waals surface area contributed by atoms with E-state index in [4.69, 9.17) is 42.6 Å². The Morgan fingerprint density at radius 2 is 1.13 bits per heavy atom. The third kappa shape index (κ3) is 12.0. The van der Waals surface area contributed by atoms with Gasteiger partial charge in [0.15, 0.2) is 25.2 Å². The fraction of sp³-hybridized carbons (Fsp3) is 0.919. The predicted octanol–water partition coefficient (Wildman–Crippen LogP) is -12.4. The van der Waals surface area contributed by atoms with Crippen molar-refractivity contribution in [3.63, 3.8) is 0 Å². The van der Waals surface area contributed by atoms with E-state index >= 15 is 0 Å². The highest BCUT2D eigenvalue weighted by Crippen LogP contribution is 2.39. The maximum atomic E-state index is 12.9. The first-order valence-corrected chi connectivity index (χ1v) is 21.2. The summed E-state index contributed by atoms with van der Waals surface area (Å²) in [6.45, 7) is -2.84. The number of carbonyl (C=O) groups is 3. The fourth-order valence-electron chi connectivity index (χ4n) is 8.43. The van der Waals surface area contributed by atoms with Crippen LogP contribution in [0.3, 0.4) is 0 Å². The van der Waals surface area contributed by atoms with Crippen LogP contribution < -0.4 is 10.6 Å². The molecule has 68 heavy (non-hydrogen) atoms. The quantitative estimate of drug-likeness (QED) is 0.0606. The molecule has 0 aliphatic carbocycles. The van der Waals surface area contributed by atoms with Gasteiger partial charge < -0.3 is 140 Å². The van der Waals surface area contributed by atoms with Crippen LogP contribution in [0.1, 0.15) is 20.3 Å². The van der Waals surface area contributed by atoms with Crippen LogP contribution in [0.4, 0.5) is 0 Å². The van der Waals surface area contributed by atoms with E-state index in [1.165, 1.54) is 0 Å². The maximum absolute atomic E-state index is 12.9. The van der Waals surface area contributed by atoms with Gasteiger partial charge in [-0.2, -0.15) is 0 Å². The van der Waals surface area contributed by atoms with Gasteiger partial charge in [0, 0.05) is 20.3 Å². The molecule has 26 atom stereocenters. The second-order valence-corrected chi connectivity index (χ2v) is 16.9. The van der Waals surface area contributed by atoms with E-state index < -0.39 is 216 Å². The molecule has 1 unspecified atom stereocenters. The zero-order chi connectivity index (χ0) is 50.7. The van der Waals surface area contributed by atoms with Crippen LogP contribution in [0, 0.1) is 0 Å². The lowest BCUT2D eigenvalue weighted by Crippen LogP contribution is -2.71. The van der Waals surface area contributed by atoms with Crippen molar-refractivity contribution >= 4 is 17.8 Å². The first-order valence-electron chi connectivity index (χ1n) is 21.2. The Morgan fingerprint density at radius 1 is 0.603 bits per heavy atom. The van der Waals surface area contributed by atoms with Crippen molar-refractivity contribution in [2.24, 2.45) is 0 Å². The van der Waals surface area contributed by atoms with Crippen LogP contribution in [-0.2, 0) is 57.0 Å². The molecule has 394 valence electrons. The molecule has 0 aromatic heterocycles. The van der Waals surface area contributed by atoms with Gasteiger partial charge in [0.1, 0.15) is 116 Å². The molecule has 5 aliphatic heterocycles. The van der Waals surface area contributed by atoms with E-state index in [2.05, 4.69) is 10.6 Å². The SMILES string of the molecule is CC(=O)N[C@H]1[C@H](OC[C@H]2OC(O)[C@H](O)[C@@H](O[C@@H]3O[C@H](CO)[C@H](O)[C@H](O[C@]4(C(=O)O)C[C@H](O)[C@@H](NC(C)=O)[C@H]([C@H](O)[C@H](O)CO)O4)[C@H]3O)[C@H]2O)O[C@H](CO)[C@@H](O[C@@H]2O[C@H](CO)[C@H](O)[C@H](O)[C@H]2O)[C@@H]1O. The normalized spacial score (nSPS) is 46.6. The molecule has 5 aliphatic rings. The van der Waals surface area contributed by atoms with Crippen molar-refractivity contribution in [1.29, 1.82) is 0 Å². The number of rotatable bonds is 18. The Bertz CT molecular complexity index is 1660. The molecule has 0 aromatic carbocycles. The Balaban J connectivity index is 1.33. The monoisotopic (exact) mass is 998 g/mol. The Kier molecular flexibility index (Phi) is 19.7. The van der Waals surface area contributed by atoms with Crippen molar-refractivity contribution in [3.05, 3.63) is 0 Å². The maximum Gasteiger partial charge on any atom is 0.364 e. The lowest BCUT2D eigenvalue weighted by molar-refractivity contribution is -0.386. The van der Waals surface area contributed by atoms with Crippen molar-refractivity contribution in [2.45, 2.75) is 179 Å². The Morgan fingerprint density at radius 3 is 1.69 bits per heavy atom. The average molecular weight is 999 g/mol. The topological polar surface area (TPSA) is 502 Å². The van der Waals surface area contributed by atoms with Crippen molar-refractivity contribution in [2.75, 3.05) is 33.0 Å². The molecular weight excluding hydrogens is 936 g/mol. The highest BCUT2D eigenvalue weighted by Gasteiger charge is 2.60. The lowest BCUT2D eigenvalue weighted by Gasteiger charge is -2.50. The molecule has 5 rings (SSSR count). The van der Waals surface area contributed by atoms with E-state index in [0.29, 0.717) is 0 Å². The van der Waals surface area contributed by atoms with Gasteiger partial charge in [-0.05, 0) is 0 Å². The number of carboxylic acid groups (broad SMARTS) is 1. The summed E-state index contributed by atoms with van der Waals surface area (Å²) in [4.78, 5) is 37.1. The summed E-state index contributed by atoms with van der Waals surface area (Å²) in [7, 11) is 0. The standard InChI is InChI=1S/C37H62N2O29/c1-9(44)38-17-11(46)3-37(36(58)59,67-29(17)19(48)12(47)4-40)68-31-21(50)14(6-42)63-35(27(31)56)66-30-22(51)16(61-32(57)26(30)55)8-60-33-18(39-10(2)45)23(52)28(15(7-43)64-33)65-34-25(54)24(53)20(49)13(5-41)62-34/h11-35,40-43,46-57H,3-8H2,1-2H3,(H,38,44)(H,39,45)(H,58,59)/t11-,12+,13+,14+,15+,16+,17+,18+,19+,20-,21-,22-,23+,24-,25+,26+,27+,28+,29+,30-,31-,32?,33+,34-,35-,37-/m0/s1. The molecule has 5 fully saturated rings. The molecule has 31 nitrogen and oxygen atoms in total. The number of hydrogen-bond acceptors (Lipinski definition) is 28. The summed E-state index contributed by atoms with van der Waals surface area (Å²) in [6, 6.07) is -3.25. The van der Waals surface area contributed by atoms with E-state index in [-0.39, 0.29) is 0 Å². The molecule has 5 saturated heterocycles. The zero-order valence-electron chi connectivity index (χ0n) is 36.2. The minimum atomic E-state index is -3.16. The smallest absolute Gasteiger partial charge is 0.364 e. The van der Waals surface area contributed by atoms with Gasteiger partial charge >= 0.3 is 5.97 Å². The molecule has 0 bridgehead atoms. The molecule has 0 radical (unpaired) electrons. The third-order valence-corrected chi connectivity index (χ3v) is 12.1. The number of carbonyl (C=O) groups excluding carboxylic acids is 2. The number of hydrogen-bond donors (Lipinski definition) is 19. The number of nitrogens with one attached hydrogen (secondary N) is 2. The van der Waals surface area contributed by atoms with Gasteiger partial charge in [0.05, 0.1) is 45.2 Å². The summed E-state index contributed by atoms with van der Waals surface area (Å²) in [5.74, 6) is -6.81. The van der Waals surface area contributed by atoms with Crippen LogP contribution in [0.25, 0.3) is 0 Å². The van der Waals surface area contributed by atoms with Crippen LogP contribution in [0.15, 0.2) is 0 Å². The number of aliphatic hydroxyl groups is 16.